The molecule has 0 aromatic rings. The van der Waals surface area contributed by atoms with E-state index in [9.17, 15) is 4.79 Å². The smallest absolute Gasteiger partial charge is 0.313 e. The van der Waals surface area contributed by atoms with Crippen LogP contribution in [0, 0.1) is 23.2 Å². The fourth-order valence-electron chi connectivity index (χ4n) is 5.72. The first-order chi connectivity index (χ1) is 10.7. The Morgan fingerprint density at radius 3 is 2.68 bits per heavy atom. The second-order valence-corrected chi connectivity index (χ2v) is 7.88. The summed E-state index contributed by atoms with van der Waals surface area (Å²) >= 11 is 0. The normalized spacial score (nSPS) is 48.6. The molecular formula is C18H24O4. The lowest BCUT2D eigenvalue weighted by Crippen LogP contribution is -2.44. The number of allylic oxidation sites excluding steroid dienone is 2. The van der Waals surface area contributed by atoms with Gasteiger partial charge in [0.25, 0.3) is 0 Å². The van der Waals surface area contributed by atoms with Crippen molar-refractivity contribution in [2.75, 3.05) is 13.2 Å². The predicted molar refractivity (Wildman–Crippen MR) is 78.9 cm³/mol. The molecule has 0 radical (unpaired) electrons. The molecule has 0 aromatic carbocycles. The Kier molecular flexibility index (Phi) is 2.82. The van der Waals surface area contributed by atoms with Crippen molar-refractivity contribution in [1.82, 2.24) is 0 Å². The van der Waals surface area contributed by atoms with Crippen LogP contribution in [0.25, 0.3) is 0 Å². The van der Waals surface area contributed by atoms with Crippen LogP contribution in [0.1, 0.15) is 44.9 Å². The zero-order valence-electron chi connectivity index (χ0n) is 13.0. The van der Waals surface area contributed by atoms with Crippen molar-refractivity contribution in [3.63, 3.8) is 0 Å². The number of ether oxygens (including phenoxy) is 3. The van der Waals surface area contributed by atoms with Gasteiger partial charge >= 0.3 is 5.97 Å². The van der Waals surface area contributed by atoms with Crippen LogP contribution in [-0.2, 0) is 19.0 Å². The van der Waals surface area contributed by atoms with E-state index in [4.69, 9.17) is 14.2 Å². The summed E-state index contributed by atoms with van der Waals surface area (Å²) in [7, 11) is 0. The van der Waals surface area contributed by atoms with Gasteiger partial charge in [-0.1, -0.05) is 18.6 Å². The number of rotatable bonds is 1. The molecule has 3 aliphatic carbocycles. The molecule has 4 heteroatoms. The maximum Gasteiger partial charge on any atom is 0.313 e. The van der Waals surface area contributed by atoms with Crippen LogP contribution in [-0.4, -0.2) is 31.1 Å². The van der Waals surface area contributed by atoms with E-state index in [1.165, 1.54) is 19.3 Å². The number of carbonyl (C=O) groups excluding carboxylic acids is 1. The quantitative estimate of drug-likeness (QED) is 0.552. The van der Waals surface area contributed by atoms with Crippen LogP contribution in [0.4, 0.5) is 0 Å². The molecule has 0 amide bonds. The highest BCUT2D eigenvalue weighted by atomic mass is 16.7. The zero-order chi connectivity index (χ0) is 14.8. The van der Waals surface area contributed by atoms with E-state index in [1.54, 1.807) is 0 Å². The van der Waals surface area contributed by atoms with Crippen LogP contribution >= 0.6 is 0 Å². The molecule has 5 atom stereocenters. The largest absolute Gasteiger partial charge is 0.465 e. The molecule has 2 heterocycles. The topological polar surface area (TPSA) is 44.8 Å². The second-order valence-electron chi connectivity index (χ2n) is 7.88. The Labute approximate surface area is 131 Å². The van der Waals surface area contributed by atoms with E-state index in [2.05, 4.69) is 12.2 Å². The van der Waals surface area contributed by atoms with E-state index in [0.29, 0.717) is 25.0 Å². The average molecular weight is 304 g/mol. The van der Waals surface area contributed by atoms with Crippen molar-refractivity contribution in [3.05, 3.63) is 12.2 Å². The highest BCUT2D eigenvalue weighted by Crippen LogP contribution is 2.61. The molecule has 0 N–H and O–H groups in total. The minimum absolute atomic E-state index is 0.0162. The van der Waals surface area contributed by atoms with Gasteiger partial charge in [0.05, 0.1) is 24.7 Å². The summed E-state index contributed by atoms with van der Waals surface area (Å²) in [5.41, 5.74) is -0.326. The van der Waals surface area contributed by atoms with Gasteiger partial charge in [-0.05, 0) is 37.5 Å². The van der Waals surface area contributed by atoms with Gasteiger partial charge in [0, 0.05) is 18.8 Å². The van der Waals surface area contributed by atoms with Gasteiger partial charge in [-0.15, -0.1) is 0 Å². The van der Waals surface area contributed by atoms with Gasteiger partial charge in [-0.3, -0.25) is 4.79 Å². The SMILES string of the molecule is O=C1OC[C@H]([C@@H]2COC3(CCCCC3)O2)[C@]12C[C@H]1C=C[C@@H]2C1. The summed E-state index contributed by atoms with van der Waals surface area (Å²) in [6.45, 7) is 1.14. The Morgan fingerprint density at radius 2 is 1.95 bits per heavy atom. The van der Waals surface area contributed by atoms with Gasteiger partial charge in [0.2, 0.25) is 0 Å². The number of cyclic esters (lactones) is 1. The monoisotopic (exact) mass is 304 g/mol. The highest BCUT2D eigenvalue weighted by Gasteiger charge is 2.65. The number of hydrogen-bond donors (Lipinski definition) is 0. The Hall–Kier alpha value is -0.870. The Balaban J connectivity index is 1.41. The maximum absolute atomic E-state index is 12.6. The van der Waals surface area contributed by atoms with Crippen LogP contribution in [0.3, 0.4) is 0 Å². The van der Waals surface area contributed by atoms with E-state index in [-0.39, 0.29) is 29.2 Å². The van der Waals surface area contributed by atoms with Gasteiger partial charge in [-0.25, -0.2) is 0 Å². The van der Waals surface area contributed by atoms with Gasteiger partial charge < -0.3 is 14.2 Å². The van der Waals surface area contributed by atoms with Crippen molar-refractivity contribution in [2.45, 2.75) is 56.8 Å². The fourth-order valence-corrected chi connectivity index (χ4v) is 5.72. The maximum atomic E-state index is 12.6. The molecule has 0 unspecified atom stereocenters. The average Bonchev–Trinajstić information content (AvgIpc) is 3.28. The van der Waals surface area contributed by atoms with E-state index in [1.807, 2.05) is 0 Å². The van der Waals surface area contributed by atoms with Crippen LogP contribution in [0.15, 0.2) is 12.2 Å². The molecule has 5 aliphatic rings. The predicted octanol–water partition coefficient (Wildman–Crippen LogP) is 2.82. The fraction of sp³-hybridized carbons (Fsp3) is 0.833. The van der Waals surface area contributed by atoms with E-state index in [0.717, 1.165) is 25.7 Å². The summed E-state index contributed by atoms with van der Waals surface area (Å²) in [6, 6.07) is 0. The first-order valence-corrected chi connectivity index (χ1v) is 8.89. The lowest BCUT2D eigenvalue weighted by Gasteiger charge is -2.36. The van der Waals surface area contributed by atoms with Crippen LogP contribution < -0.4 is 0 Å². The third-order valence-corrected chi connectivity index (χ3v) is 6.81. The van der Waals surface area contributed by atoms with E-state index >= 15 is 0 Å². The molecule has 5 rings (SSSR count). The minimum Gasteiger partial charge on any atom is -0.465 e. The standard InChI is InChI=1S/C18H24O4/c19-16-18(9-12-4-5-13(18)8-12)14(10-20-16)15-11-21-17(22-15)6-2-1-3-7-17/h4-5,12-15H,1-3,6-11H2/t12-,13+,14+,15-,18+/m0/s1. The lowest BCUT2D eigenvalue weighted by molar-refractivity contribution is -0.195. The van der Waals surface area contributed by atoms with Crippen LogP contribution in [0.2, 0.25) is 0 Å². The molecule has 4 fully saturated rings. The summed E-state index contributed by atoms with van der Waals surface area (Å²) in [5, 5.41) is 0. The zero-order valence-corrected chi connectivity index (χ0v) is 13.0. The first-order valence-electron chi connectivity index (χ1n) is 8.89. The van der Waals surface area contributed by atoms with Crippen LogP contribution in [0.5, 0.6) is 0 Å². The summed E-state index contributed by atoms with van der Waals surface area (Å²) < 4.78 is 18.1. The Bertz CT molecular complexity index is 521. The third kappa shape index (κ3) is 1.68. The van der Waals surface area contributed by atoms with Gasteiger partial charge in [0.1, 0.15) is 0 Å². The summed E-state index contributed by atoms with van der Waals surface area (Å²) in [6.07, 6.45) is 12.3. The number of carbonyl (C=O) groups is 1. The molecule has 120 valence electrons. The molecular weight excluding hydrogens is 280 g/mol. The molecule has 22 heavy (non-hydrogen) atoms. The molecule has 2 saturated carbocycles. The Morgan fingerprint density at radius 1 is 1.09 bits per heavy atom. The van der Waals surface area contributed by atoms with Crippen molar-refractivity contribution < 1.29 is 19.0 Å². The number of hydrogen-bond acceptors (Lipinski definition) is 4. The number of esters is 1. The highest BCUT2D eigenvalue weighted by molar-refractivity contribution is 5.81. The minimum atomic E-state index is -0.358. The van der Waals surface area contributed by atoms with Gasteiger partial charge in [-0.2, -0.15) is 0 Å². The van der Waals surface area contributed by atoms with Crippen molar-refractivity contribution in [3.8, 4) is 0 Å². The molecule has 2 spiro atoms. The van der Waals surface area contributed by atoms with Crippen molar-refractivity contribution >= 4 is 5.97 Å². The lowest BCUT2D eigenvalue weighted by atomic mass is 9.66. The summed E-state index contributed by atoms with van der Waals surface area (Å²) in [4.78, 5) is 12.6. The van der Waals surface area contributed by atoms with Crippen molar-refractivity contribution in [2.24, 2.45) is 23.2 Å². The molecule has 4 nitrogen and oxygen atoms in total. The molecule has 2 saturated heterocycles. The third-order valence-electron chi connectivity index (χ3n) is 6.81. The van der Waals surface area contributed by atoms with Gasteiger partial charge in [0.15, 0.2) is 5.79 Å². The molecule has 2 bridgehead atoms. The summed E-state index contributed by atoms with van der Waals surface area (Å²) in [5.74, 6) is 0.736. The molecule has 2 aliphatic heterocycles. The molecule has 0 aromatic heterocycles. The first kappa shape index (κ1) is 13.6. The number of fused-ring (bicyclic) bond motifs is 3. The second kappa shape index (κ2) is 4.57. The van der Waals surface area contributed by atoms with Crippen molar-refractivity contribution in [1.29, 1.82) is 0 Å². The van der Waals surface area contributed by atoms with E-state index < -0.39 is 0 Å².